The minimum atomic E-state index is 0.109. The Morgan fingerprint density at radius 2 is 2.07 bits per heavy atom. The molecule has 0 N–H and O–H groups in total. The van der Waals surface area contributed by atoms with Crippen LogP contribution < -0.4 is 0 Å². The van der Waals surface area contributed by atoms with Gasteiger partial charge >= 0.3 is 0 Å². The molecule has 0 aromatic heterocycles. The molecule has 80 valence electrons. The predicted molar refractivity (Wildman–Crippen MR) is 62.4 cm³/mol. The summed E-state index contributed by atoms with van der Waals surface area (Å²) in [5.41, 5.74) is 0.109. The van der Waals surface area contributed by atoms with E-state index in [-0.39, 0.29) is 5.41 Å². The largest absolute Gasteiger partial charge is 0.337 e. The second-order valence-corrected chi connectivity index (χ2v) is 5.08. The van der Waals surface area contributed by atoms with Crippen LogP contribution in [0.25, 0.3) is 0 Å². The summed E-state index contributed by atoms with van der Waals surface area (Å²) in [7, 11) is 1.87. The molecule has 0 spiro atoms. The number of nitrogens with zero attached hydrogens (tertiary/aromatic N) is 2. The zero-order valence-electron chi connectivity index (χ0n) is 9.88. The van der Waals surface area contributed by atoms with E-state index in [0.29, 0.717) is 0 Å². The number of rotatable bonds is 3. The van der Waals surface area contributed by atoms with Gasteiger partial charge in [-0.15, -0.1) is 0 Å². The van der Waals surface area contributed by atoms with Crippen molar-refractivity contribution >= 4 is 5.84 Å². The van der Waals surface area contributed by atoms with Gasteiger partial charge in [-0.1, -0.05) is 27.4 Å². The third-order valence-corrected chi connectivity index (χ3v) is 2.53. The van der Waals surface area contributed by atoms with Gasteiger partial charge in [0.15, 0.2) is 0 Å². The van der Waals surface area contributed by atoms with E-state index < -0.39 is 0 Å². The van der Waals surface area contributed by atoms with Crippen molar-refractivity contribution in [1.29, 1.82) is 0 Å². The molecule has 0 aliphatic heterocycles. The molecule has 1 rings (SSSR count). The molecule has 0 aromatic carbocycles. The van der Waals surface area contributed by atoms with Gasteiger partial charge in [-0.25, -0.2) is 0 Å². The number of aliphatic imine (C=N–C) groups is 1. The molecule has 2 heteroatoms. The highest BCUT2D eigenvalue weighted by Crippen LogP contribution is 2.31. The lowest BCUT2D eigenvalue weighted by Gasteiger charge is -2.30. The highest BCUT2D eigenvalue weighted by molar-refractivity contribution is 5.87. The zero-order valence-corrected chi connectivity index (χ0v) is 9.88. The Kier molecular flexibility index (Phi) is 3.35. The summed E-state index contributed by atoms with van der Waals surface area (Å²) in [6.45, 7) is 11.5. The van der Waals surface area contributed by atoms with Gasteiger partial charge in [-0.2, -0.15) is 0 Å². The summed E-state index contributed by atoms with van der Waals surface area (Å²) in [5.74, 6) is 2.01. The van der Waals surface area contributed by atoms with Crippen molar-refractivity contribution in [3.8, 4) is 0 Å². The molecule has 0 atom stereocenters. The van der Waals surface area contributed by atoms with E-state index in [4.69, 9.17) is 0 Å². The van der Waals surface area contributed by atoms with Crippen molar-refractivity contribution in [2.24, 2.45) is 16.3 Å². The fraction of sp³-hybridized carbons (Fsp3) is 0.750. The first-order valence-electron chi connectivity index (χ1n) is 5.35. The summed E-state index contributed by atoms with van der Waals surface area (Å²) in [5, 5.41) is 0. The Balaban J connectivity index is 2.68. The Bertz CT molecular complexity index is 231. The molecule has 1 saturated carbocycles. The lowest BCUT2D eigenvalue weighted by molar-refractivity contribution is 0.441. The van der Waals surface area contributed by atoms with Gasteiger partial charge in [0.2, 0.25) is 0 Å². The van der Waals surface area contributed by atoms with Gasteiger partial charge in [0.25, 0.3) is 0 Å². The van der Waals surface area contributed by atoms with E-state index in [1.165, 1.54) is 12.8 Å². The Morgan fingerprint density at radius 1 is 1.50 bits per heavy atom. The SMILES string of the molecule is C=CN(CC1CC1)/C(=N\C)C(C)(C)C. The molecule has 2 nitrogen and oxygen atoms in total. The molecule has 0 bridgehead atoms. The summed E-state index contributed by atoms with van der Waals surface area (Å²) >= 11 is 0. The van der Waals surface area contributed by atoms with E-state index >= 15 is 0 Å². The van der Waals surface area contributed by atoms with Crippen LogP contribution in [-0.4, -0.2) is 24.3 Å². The van der Waals surface area contributed by atoms with Gasteiger partial charge < -0.3 is 4.90 Å². The zero-order chi connectivity index (χ0) is 10.8. The summed E-state index contributed by atoms with van der Waals surface area (Å²) in [6, 6.07) is 0. The monoisotopic (exact) mass is 194 g/mol. The average molecular weight is 194 g/mol. The van der Waals surface area contributed by atoms with Crippen LogP contribution in [0.5, 0.6) is 0 Å². The molecule has 0 amide bonds. The van der Waals surface area contributed by atoms with Gasteiger partial charge in [-0.3, -0.25) is 4.99 Å². The molecular formula is C12H22N2. The lowest BCUT2D eigenvalue weighted by Crippen LogP contribution is -2.37. The Hall–Kier alpha value is -0.790. The van der Waals surface area contributed by atoms with Gasteiger partial charge in [0, 0.05) is 19.0 Å². The third-order valence-electron chi connectivity index (χ3n) is 2.53. The van der Waals surface area contributed by atoms with Crippen LogP contribution in [-0.2, 0) is 0 Å². The first-order chi connectivity index (χ1) is 6.49. The first kappa shape index (κ1) is 11.3. The van der Waals surface area contributed by atoms with Crippen LogP contribution in [0.3, 0.4) is 0 Å². The maximum atomic E-state index is 4.38. The molecular weight excluding hydrogens is 172 g/mol. The molecule has 0 radical (unpaired) electrons. The molecule has 0 unspecified atom stereocenters. The minimum Gasteiger partial charge on any atom is -0.337 e. The Morgan fingerprint density at radius 3 is 2.36 bits per heavy atom. The lowest BCUT2D eigenvalue weighted by atomic mass is 9.94. The molecule has 14 heavy (non-hydrogen) atoms. The topological polar surface area (TPSA) is 15.6 Å². The van der Waals surface area contributed by atoms with Crippen LogP contribution in [0.1, 0.15) is 33.6 Å². The summed E-state index contributed by atoms with van der Waals surface area (Å²) < 4.78 is 0. The second kappa shape index (κ2) is 4.16. The molecule has 1 fully saturated rings. The quantitative estimate of drug-likeness (QED) is 0.498. The summed E-state index contributed by atoms with van der Waals surface area (Å²) in [6.07, 6.45) is 4.64. The standard InChI is InChI=1S/C12H22N2/c1-6-14(9-10-7-8-10)11(13-5)12(2,3)4/h6,10H,1,7-9H2,2-5H3/b13-11-. The maximum absolute atomic E-state index is 4.38. The average Bonchev–Trinajstić information content (AvgIpc) is 2.85. The van der Waals surface area contributed by atoms with Crippen molar-refractivity contribution < 1.29 is 0 Å². The van der Waals surface area contributed by atoms with Crippen molar-refractivity contribution in [3.05, 3.63) is 12.8 Å². The number of amidine groups is 1. The molecule has 1 aliphatic rings. The van der Waals surface area contributed by atoms with Gasteiger partial charge in [-0.05, 0) is 25.0 Å². The van der Waals surface area contributed by atoms with Crippen LogP contribution in [0.15, 0.2) is 17.8 Å². The highest BCUT2D eigenvalue weighted by Gasteiger charge is 2.28. The maximum Gasteiger partial charge on any atom is 0.108 e. The van der Waals surface area contributed by atoms with Crippen molar-refractivity contribution in [3.63, 3.8) is 0 Å². The molecule has 1 aliphatic carbocycles. The fourth-order valence-corrected chi connectivity index (χ4v) is 1.72. The second-order valence-electron chi connectivity index (χ2n) is 5.08. The van der Waals surface area contributed by atoms with E-state index in [1.807, 2.05) is 13.2 Å². The van der Waals surface area contributed by atoms with Crippen molar-refractivity contribution in [1.82, 2.24) is 4.90 Å². The normalized spacial score (nSPS) is 18.1. The molecule has 0 heterocycles. The van der Waals surface area contributed by atoms with Crippen LogP contribution in [0, 0.1) is 11.3 Å². The minimum absolute atomic E-state index is 0.109. The third kappa shape index (κ3) is 2.86. The molecule has 0 aromatic rings. The van der Waals surface area contributed by atoms with Gasteiger partial charge in [0.1, 0.15) is 5.84 Å². The first-order valence-corrected chi connectivity index (χ1v) is 5.35. The molecule has 0 saturated heterocycles. The van der Waals surface area contributed by atoms with Crippen molar-refractivity contribution in [2.75, 3.05) is 13.6 Å². The van der Waals surface area contributed by atoms with E-state index in [1.54, 1.807) is 0 Å². The summed E-state index contributed by atoms with van der Waals surface area (Å²) in [4.78, 5) is 6.59. The number of hydrogen-bond donors (Lipinski definition) is 0. The predicted octanol–water partition coefficient (Wildman–Crippen LogP) is 2.92. The van der Waals surface area contributed by atoms with E-state index in [0.717, 1.165) is 18.3 Å². The van der Waals surface area contributed by atoms with Crippen LogP contribution >= 0.6 is 0 Å². The van der Waals surface area contributed by atoms with Crippen LogP contribution in [0.4, 0.5) is 0 Å². The number of hydrogen-bond acceptors (Lipinski definition) is 1. The Labute approximate surface area is 87.7 Å². The van der Waals surface area contributed by atoms with Gasteiger partial charge in [0.05, 0.1) is 0 Å². The highest BCUT2D eigenvalue weighted by atomic mass is 15.2. The smallest absolute Gasteiger partial charge is 0.108 e. The fourth-order valence-electron chi connectivity index (χ4n) is 1.72. The van der Waals surface area contributed by atoms with E-state index in [9.17, 15) is 0 Å². The van der Waals surface area contributed by atoms with E-state index in [2.05, 4.69) is 37.2 Å². The van der Waals surface area contributed by atoms with Crippen LogP contribution in [0.2, 0.25) is 0 Å². The van der Waals surface area contributed by atoms with Crippen molar-refractivity contribution in [2.45, 2.75) is 33.6 Å².